The second-order valence-corrected chi connectivity index (χ2v) is 4.64. The van der Waals surface area contributed by atoms with Gasteiger partial charge in [0, 0.05) is 38.0 Å². The summed E-state index contributed by atoms with van der Waals surface area (Å²) in [7, 11) is 1.66. The number of hydrogen-bond acceptors (Lipinski definition) is 5. The topological polar surface area (TPSA) is 71.5 Å². The van der Waals surface area contributed by atoms with Crippen LogP contribution in [-0.4, -0.2) is 49.7 Å². The molecular formula is C15H23N3O3. The van der Waals surface area contributed by atoms with Crippen molar-refractivity contribution in [3.05, 3.63) is 30.1 Å². The Kier molecular flexibility index (Phi) is 6.62. The van der Waals surface area contributed by atoms with Crippen molar-refractivity contribution in [1.82, 2.24) is 9.55 Å². The maximum absolute atomic E-state index is 5.76. The van der Waals surface area contributed by atoms with E-state index in [4.69, 9.17) is 19.9 Å². The highest BCUT2D eigenvalue weighted by atomic mass is 16.5. The molecule has 0 amide bonds. The number of methoxy groups -OCH3 is 1. The molecule has 0 aliphatic rings. The van der Waals surface area contributed by atoms with E-state index < -0.39 is 0 Å². The van der Waals surface area contributed by atoms with Gasteiger partial charge in [-0.2, -0.15) is 0 Å². The first-order valence-electron chi connectivity index (χ1n) is 7.14. The van der Waals surface area contributed by atoms with E-state index in [9.17, 15) is 0 Å². The average molecular weight is 293 g/mol. The van der Waals surface area contributed by atoms with E-state index in [0.29, 0.717) is 39.6 Å². The molecule has 2 aromatic heterocycles. The van der Waals surface area contributed by atoms with Crippen molar-refractivity contribution in [3.63, 3.8) is 0 Å². The van der Waals surface area contributed by atoms with Crippen LogP contribution >= 0.6 is 0 Å². The van der Waals surface area contributed by atoms with Crippen LogP contribution in [0.2, 0.25) is 0 Å². The Balaban J connectivity index is 1.76. The Morgan fingerprint density at radius 1 is 1.14 bits per heavy atom. The molecule has 6 heteroatoms. The summed E-state index contributed by atoms with van der Waals surface area (Å²) in [5.74, 6) is 0. The predicted molar refractivity (Wildman–Crippen MR) is 81.1 cm³/mol. The third-order valence-electron chi connectivity index (χ3n) is 3.22. The first-order chi connectivity index (χ1) is 10.4. The minimum absolute atomic E-state index is 0.517. The Bertz CT molecular complexity index is 542. The number of hydrogen-bond donors (Lipinski definition) is 1. The third kappa shape index (κ3) is 4.50. The van der Waals surface area contributed by atoms with E-state index in [1.807, 2.05) is 12.1 Å². The van der Waals surface area contributed by atoms with Crippen molar-refractivity contribution in [2.45, 2.75) is 13.1 Å². The van der Waals surface area contributed by atoms with Crippen LogP contribution in [0.25, 0.3) is 11.0 Å². The number of aromatic nitrogens is 2. The van der Waals surface area contributed by atoms with E-state index >= 15 is 0 Å². The van der Waals surface area contributed by atoms with E-state index in [2.05, 4.69) is 15.7 Å². The van der Waals surface area contributed by atoms with Gasteiger partial charge in [0.1, 0.15) is 5.65 Å². The first kappa shape index (κ1) is 15.9. The largest absolute Gasteiger partial charge is 0.382 e. The van der Waals surface area contributed by atoms with Gasteiger partial charge in [-0.25, -0.2) is 4.98 Å². The van der Waals surface area contributed by atoms with Gasteiger partial charge in [-0.3, -0.25) is 0 Å². The fraction of sp³-hybridized carbons (Fsp3) is 0.533. The second kappa shape index (κ2) is 8.74. The first-order valence-corrected chi connectivity index (χ1v) is 7.14. The minimum atomic E-state index is 0.517. The Morgan fingerprint density at radius 2 is 1.90 bits per heavy atom. The molecule has 2 aromatic rings. The molecule has 6 nitrogen and oxygen atoms in total. The number of ether oxygens (including phenoxy) is 3. The summed E-state index contributed by atoms with van der Waals surface area (Å²) in [6.45, 7) is 4.28. The summed E-state index contributed by atoms with van der Waals surface area (Å²) in [5, 5.41) is 1.11. The number of nitrogens with two attached hydrogens (primary N) is 1. The Labute approximate surface area is 124 Å². The van der Waals surface area contributed by atoms with Crippen LogP contribution in [0.1, 0.15) is 5.56 Å². The van der Waals surface area contributed by atoms with Crippen molar-refractivity contribution in [2.75, 3.05) is 40.1 Å². The smallest absolute Gasteiger partial charge is 0.140 e. The van der Waals surface area contributed by atoms with Crippen LogP contribution in [-0.2, 0) is 27.3 Å². The van der Waals surface area contributed by atoms with E-state index in [0.717, 1.165) is 23.1 Å². The summed E-state index contributed by atoms with van der Waals surface area (Å²) in [6.07, 6.45) is 3.85. The van der Waals surface area contributed by atoms with E-state index in [1.54, 1.807) is 13.3 Å². The lowest BCUT2D eigenvalue weighted by atomic mass is 10.2. The summed E-state index contributed by atoms with van der Waals surface area (Å²) in [5.41, 5.74) is 7.83. The van der Waals surface area contributed by atoms with Crippen molar-refractivity contribution in [3.8, 4) is 0 Å². The van der Waals surface area contributed by atoms with Gasteiger partial charge in [-0.05, 0) is 17.7 Å². The van der Waals surface area contributed by atoms with Gasteiger partial charge in [0.05, 0.1) is 33.0 Å². The van der Waals surface area contributed by atoms with Gasteiger partial charge in [-0.15, -0.1) is 0 Å². The van der Waals surface area contributed by atoms with Crippen LogP contribution in [0.15, 0.2) is 24.5 Å². The molecule has 2 rings (SSSR count). The van der Waals surface area contributed by atoms with Crippen LogP contribution in [0.4, 0.5) is 0 Å². The van der Waals surface area contributed by atoms with Crippen molar-refractivity contribution < 1.29 is 14.2 Å². The molecule has 0 aliphatic carbocycles. The Morgan fingerprint density at radius 3 is 2.67 bits per heavy atom. The highest BCUT2D eigenvalue weighted by molar-refractivity contribution is 5.80. The maximum Gasteiger partial charge on any atom is 0.140 e. The normalized spacial score (nSPS) is 11.3. The van der Waals surface area contributed by atoms with Crippen molar-refractivity contribution in [1.29, 1.82) is 0 Å². The Hall–Kier alpha value is -1.47. The molecule has 0 fully saturated rings. The number of pyridine rings is 1. The van der Waals surface area contributed by atoms with Crippen LogP contribution in [0, 0.1) is 0 Å². The van der Waals surface area contributed by atoms with Crippen molar-refractivity contribution in [2.24, 2.45) is 5.73 Å². The summed E-state index contributed by atoms with van der Waals surface area (Å²) in [4.78, 5) is 4.41. The summed E-state index contributed by atoms with van der Waals surface area (Å²) >= 11 is 0. The lowest BCUT2D eigenvalue weighted by Gasteiger charge is -2.07. The maximum atomic E-state index is 5.76. The summed E-state index contributed by atoms with van der Waals surface area (Å²) < 4.78 is 17.9. The third-order valence-corrected chi connectivity index (χ3v) is 3.22. The molecule has 0 aromatic carbocycles. The average Bonchev–Trinajstić information content (AvgIpc) is 2.88. The molecule has 0 radical (unpaired) electrons. The highest BCUT2D eigenvalue weighted by Gasteiger charge is 2.07. The molecule has 0 bridgehead atoms. The predicted octanol–water partition coefficient (Wildman–Crippen LogP) is 1.17. The molecule has 0 unspecified atom stereocenters. The van der Waals surface area contributed by atoms with Gasteiger partial charge in [0.15, 0.2) is 0 Å². The van der Waals surface area contributed by atoms with Gasteiger partial charge in [-0.1, -0.05) is 0 Å². The highest BCUT2D eigenvalue weighted by Crippen LogP contribution is 2.18. The quantitative estimate of drug-likeness (QED) is 0.666. The molecule has 0 aliphatic heterocycles. The molecule has 0 spiro atoms. The van der Waals surface area contributed by atoms with Crippen LogP contribution in [0.5, 0.6) is 0 Å². The van der Waals surface area contributed by atoms with Gasteiger partial charge in [0.25, 0.3) is 0 Å². The van der Waals surface area contributed by atoms with Gasteiger partial charge in [0.2, 0.25) is 0 Å². The lowest BCUT2D eigenvalue weighted by Crippen LogP contribution is -2.11. The molecule has 2 heterocycles. The van der Waals surface area contributed by atoms with Crippen molar-refractivity contribution >= 4 is 11.0 Å². The van der Waals surface area contributed by atoms with Crippen LogP contribution < -0.4 is 5.73 Å². The zero-order valence-electron chi connectivity index (χ0n) is 12.5. The molecule has 0 saturated heterocycles. The lowest BCUT2D eigenvalue weighted by molar-refractivity contribution is 0.0232. The van der Waals surface area contributed by atoms with E-state index in [1.165, 1.54) is 0 Å². The minimum Gasteiger partial charge on any atom is -0.382 e. The number of fused-ring (bicyclic) bond motifs is 1. The molecule has 0 atom stereocenters. The molecule has 2 N–H and O–H groups in total. The fourth-order valence-corrected chi connectivity index (χ4v) is 2.16. The zero-order chi connectivity index (χ0) is 14.9. The number of rotatable bonds is 10. The standard InChI is InChI=1S/C15H23N3O3/c1-19-7-8-21-10-9-20-6-5-18-12-13(11-16)14-3-2-4-17-15(14)18/h2-4,12H,5-11,16H2,1H3. The second-order valence-electron chi connectivity index (χ2n) is 4.64. The SMILES string of the molecule is COCCOCCOCCn1cc(CN)c2cccnc21. The van der Waals surface area contributed by atoms with Gasteiger partial charge >= 0.3 is 0 Å². The monoisotopic (exact) mass is 293 g/mol. The number of nitrogens with zero attached hydrogens (tertiary/aromatic N) is 2. The zero-order valence-corrected chi connectivity index (χ0v) is 12.5. The molecule has 116 valence electrons. The summed E-state index contributed by atoms with van der Waals surface area (Å²) in [6, 6.07) is 3.98. The molecule has 0 saturated carbocycles. The molecule has 21 heavy (non-hydrogen) atoms. The molecular weight excluding hydrogens is 270 g/mol. The van der Waals surface area contributed by atoms with Crippen LogP contribution in [0.3, 0.4) is 0 Å². The fourth-order valence-electron chi connectivity index (χ4n) is 2.16. The van der Waals surface area contributed by atoms with Gasteiger partial charge < -0.3 is 24.5 Å². The van der Waals surface area contributed by atoms with E-state index in [-0.39, 0.29) is 0 Å².